The first-order valence-electron chi connectivity index (χ1n) is 8.85. The van der Waals surface area contributed by atoms with Crippen LogP contribution in [0.5, 0.6) is 0 Å². The zero-order chi connectivity index (χ0) is 20.7. The van der Waals surface area contributed by atoms with Crippen molar-refractivity contribution in [2.45, 2.75) is 33.3 Å². The van der Waals surface area contributed by atoms with Crippen molar-refractivity contribution < 1.29 is 17.9 Å². The topological polar surface area (TPSA) is 104 Å². The van der Waals surface area contributed by atoms with E-state index in [2.05, 4.69) is 4.98 Å². The lowest BCUT2D eigenvalue weighted by atomic mass is 10.1. The van der Waals surface area contributed by atoms with Crippen molar-refractivity contribution in [2.75, 3.05) is 17.4 Å². The molecular formula is C19H22N4O4S. The fourth-order valence-corrected chi connectivity index (χ4v) is 4.79. The van der Waals surface area contributed by atoms with Crippen LogP contribution in [0.3, 0.4) is 0 Å². The summed E-state index contributed by atoms with van der Waals surface area (Å²) in [5, 5.41) is 10.5. The number of nitriles is 1. The van der Waals surface area contributed by atoms with E-state index in [-0.39, 0.29) is 24.7 Å². The summed E-state index contributed by atoms with van der Waals surface area (Å²) in [5.41, 5.74) is -0.112. The van der Waals surface area contributed by atoms with Gasteiger partial charge in [-0.1, -0.05) is 6.92 Å². The molecule has 1 aromatic heterocycles. The summed E-state index contributed by atoms with van der Waals surface area (Å²) in [6.45, 7) is 7.23. The van der Waals surface area contributed by atoms with E-state index >= 15 is 0 Å². The number of ether oxygens (including phenoxy) is 1. The smallest absolute Gasteiger partial charge is 0.425 e. The van der Waals surface area contributed by atoms with E-state index in [0.717, 1.165) is 4.31 Å². The van der Waals surface area contributed by atoms with Gasteiger partial charge in [0, 0.05) is 24.7 Å². The lowest BCUT2D eigenvalue weighted by molar-refractivity contribution is 0.0368. The molecule has 0 N–H and O–H groups in total. The van der Waals surface area contributed by atoms with Crippen molar-refractivity contribution in [1.29, 1.82) is 5.26 Å². The summed E-state index contributed by atoms with van der Waals surface area (Å²) in [5.74, 6) is -0.0844. The van der Waals surface area contributed by atoms with Gasteiger partial charge in [-0.15, -0.1) is 0 Å². The molecule has 1 saturated heterocycles. The number of benzene rings is 1. The van der Waals surface area contributed by atoms with Crippen molar-refractivity contribution in [3.05, 3.63) is 36.2 Å². The van der Waals surface area contributed by atoms with Crippen LogP contribution < -0.4 is 4.31 Å². The van der Waals surface area contributed by atoms with Gasteiger partial charge >= 0.3 is 16.3 Å². The maximum absolute atomic E-state index is 13.1. The molecule has 28 heavy (non-hydrogen) atoms. The lowest BCUT2D eigenvalue weighted by Crippen LogP contribution is -2.56. The van der Waals surface area contributed by atoms with E-state index in [1.165, 1.54) is 10.5 Å². The summed E-state index contributed by atoms with van der Waals surface area (Å²) in [6.07, 6.45) is 0.617. The molecule has 0 unspecified atom stereocenters. The van der Waals surface area contributed by atoms with Gasteiger partial charge in [0.2, 0.25) is 0 Å². The van der Waals surface area contributed by atoms with E-state index in [9.17, 15) is 18.5 Å². The lowest BCUT2D eigenvalue weighted by Gasteiger charge is -2.39. The van der Waals surface area contributed by atoms with Crippen molar-refractivity contribution in [2.24, 2.45) is 5.92 Å². The second-order valence-electron chi connectivity index (χ2n) is 7.83. The Kier molecular flexibility index (Phi) is 4.93. The van der Waals surface area contributed by atoms with Gasteiger partial charge in [-0.2, -0.15) is 18.0 Å². The number of hydrogen-bond acceptors (Lipinski definition) is 6. The van der Waals surface area contributed by atoms with E-state index in [4.69, 9.17) is 4.74 Å². The van der Waals surface area contributed by atoms with Gasteiger partial charge in [0.1, 0.15) is 17.4 Å². The van der Waals surface area contributed by atoms with Crippen LogP contribution in [0, 0.1) is 17.2 Å². The first-order chi connectivity index (χ1) is 13.0. The van der Waals surface area contributed by atoms with Crippen LogP contribution in [-0.4, -0.2) is 42.5 Å². The summed E-state index contributed by atoms with van der Waals surface area (Å²) < 4.78 is 33.5. The molecule has 0 saturated carbocycles. The molecule has 1 fully saturated rings. The maximum atomic E-state index is 13.1. The number of carbonyl (C=O) groups is 1. The Morgan fingerprint density at radius 1 is 1.29 bits per heavy atom. The fourth-order valence-electron chi connectivity index (χ4n) is 3.06. The van der Waals surface area contributed by atoms with Crippen LogP contribution in [0.4, 0.5) is 10.5 Å². The molecule has 2 aromatic rings. The van der Waals surface area contributed by atoms with E-state index in [0.29, 0.717) is 16.5 Å². The molecular weight excluding hydrogens is 380 g/mol. The zero-order valence-electron chi connectivity index (χ0n) is 16.2. The Labute approximate surface area is 164 Å². The number of hydrogen-bond donors (Lipinski definition) is 0. The summed E-state index contributed by atoms with van der Waals surface area (Å²) >= 11 is 0. The molecule has 148 valence electrons. The molecule has 3 rings (SSSR count). The van der Waals surface area contributed by atoms with Gasteiger partial charge in [-0.3, -0.25) is 4.31 Å². The standard InChI is InChI=1S/C19H22N4O4S/c1-13-11-22(28(25,26)23(12-13)18(24)27-19(2,3)4)15-5-6-16-14(9-15)7-8-21-17(16)10-20/h5-9,13H,11-12H2,1-4H3/t13-/m0/s1. The number of aromatic nitrogens is 1. The third kappa shape index (κ3) is 3.73. The van der Waals surface area contributed by atoms with Crippen LogP contribution in [-0.2, 0) is 14.9 Å². The predicted molar refractivity (Wildman–Crippen MR) is 105 cm³/mol. The fraction of sp³-hybridized carbons (Fsp3) is 0.421. The third-order valence-corrected chi connectivity index (χ3v) is 6.02. The normalized spacial score (nSPS) is 19.3. The monoisotopic (exact) mass is 402 g/mol. The second kappa shape index (κ2) is 6.95. The number of pyridine rings is 1. The highest BCUT2D eigenvalue weighted by Crippen LogP contribution is 2.31. The largest absolute Gasteiger partial charge is 0.443 e. The molecule has 1 aliphatic rings. The first kappa shape index (κ1) is 19.9. The number of rotatable bonds is 1. The highest BCUT2D eigenvalue weighted by atomic mass is 32.2. The quantitative estimate of drug-likeness (QED) is 0.726. The minimum Gasteiger partial charge on any atom is -0.443 e. The van der Waals surface area contributed by atoms with Crippen LogP contribution in [0.2, 0.25) is 0 Å². The van der Waals surface area contributed by atoms with Crippen LogP contribution in [0.15, 0.2) is 30.5 Å². The van der Waals surface area contributed by atoms with Gasteiger partial charge in [-0.05, 0) is 56.3 Å². The Morgan fingerprint density at radius 3 is 2.64 bits per heavy atom. The molecule has 8 nitrogen and oxygen atoms in total. The third-order valence-electron chi connectivity index (χ3n) is 4.25. The average Bonchev–Trinajstić information content (AvgIpc) is 2.60. The minimum atomic E-state index is -4.09. The zero-order valence-corrected chi connectivity index (χ0v) is 17.0. The Balaban J connectivity index is 2.02. The molecule has 1 aliphatic heterocycles. The first-order valence-corrected chi connectivity index (χ1v) is 10.2. The maximum Gasteiger partial charge on any atom is 0.425 e. The van der Waals surface area contributed by atoms with Crippen molar-refractivity contribution in [3.63, 3.8) is 0 Å². The van der Waals surface area contributed by atoms with Gasteiger partial charge in [-0.25, -0.2) is 9.78 Å². The van der Waals surface area contributed by atoms with Crippen molar-refractivity contribution in [3.8, 4) is 6.07 Å². The SMILES string of the molecule is C[C@@H]1CN(C(=O)OC(C)(C)C)S(=O)(=O)N(c2ccc3c(C#N)nccc3c2)C1. The van der Waals surface area contributed by atoms with Crippen LogP contribution in [0.25, 0.3) is 10.8 Å². The predicted octanol–water partition coefficient (Wildman–Crippen LogP) is 3.04. The molecule has 1 atom stereocenters. The molecule has 0 spiro atoms. The Morgan fingerprint density at radius 2 is 2.00 bits per heavy atom. The number of anilines is 1. The number of carbonyl (C=O) groups excluding carboxylic acids is 1. The molecule has 1 amide bonds. The van der Waals surface area contributed by atoms with E-state index in [1.807, 2.05) is 13.0 Å². The highest BCUT2D eigenvalue weighted by Gasteiger charge is 2.42. The summed E-state index contributed by atoms with van der Waals surface area (Å²) in [7, 11) is -4.09. The van der Waals surface area contributed by atoms with Gasteiger partial charge in [0.25, 0.3) is 0 Å². The number of nitrogens with zero attached hydrogens (tertiary/aromatic N) is 4. The molecule has 1 aromatic carbocycles. The molecule has 0 bridgehead atoms. The van der Waals surface area contributed by atoms with Gasteiger partial charge in [0.15, 0.2) is 0 Å². The Bertz CT molecular complexity index is 1070. The number of amides is 1. The van der Waals surface area contributed by atoms with Gasteiger partial charge < -0.3 is 4.74 Å². The van der Waals surface area contributed by atoms with Gasteiger partial charge in [0.05, 0.1) is 5.69 Å². The minimum absolute atomic E-state index is 0.0594. The number of fused-ring (bicyclic) bond motifs is 1. The highest BCUT2D eigenvalue weighted by molar-refractivity contribution is 7.91. The summed E-state index contributed by atoms with van der Waals surface area (Å²) in [4.78, 5) is 16.5. The van der Waals surface area contributed by atoms with E-state index in [1.54, 1.807) is 45.0 Å². The van der Waals surface area contributed by atoms with Crippen molar-refractivity contribution >= 4 is 32.8 Å². The van der Waals surface area contributed by atoms with Crippen molar-refractivity contribution in [1.82, 2.24) is 9.29 Å². The molecule has 0 aliphatic carbocycles. The van der Waals surface area contributed by atoms with Crippen LogP contribution >= 0.6 is 0 Å². The Hall–Kier alpha value is -2.86. The van der Waals surface area contributed by atoms with E-state index < -0.39 is 21.9 Å². The van der Waals surface area contributed by atoms with Crippen LogP contribution in [0.1, 0.15) is 33.4 Å². The summed E-state index contributed by atoms with van der Waals surface area (Å²) in [6, 6.07) is 8.71. The molecule has 2 heterocycles. The second-order valence-corrected chi connectivity index (χ2v) is 9.61. The average molecular weight is 402 g/mol. The molecule has 0 radical (unpaired) electrons. The molecule has 9 heteroatoms.